The molecule has 0 aromatic carbocycles. The first-order valence-corrected chi connectivity index (χ1v) is 7.45. The summed E-state index contributed by atoms with van der Waals surface area (Å²) in [6.07, 6.45) is 0.961. The summed E-state index contributed by atoms with van der Waals surface area (Å²) in [5, 5.41) is 7.34. The van der Waals surface area contributed by atoms with Crippen molar-refractivity contribution >= 4 is 21.8 Å². The fourth-order valence-electron chi connectivity index (χ4n) is 1.90. The Hall–Kier alpha value is -0.880. The van der Waals surface area contributed by atoms with Gasteiger partial charge in [-0.25, -0.2) is 0 Å². The van der Waals surface area contributed by atoms with Crippen LogP contribution in [0.1, 0.15) is 31.7 Å². The SMILES string of the molecule is CCCNC(=O)CN(C)Cc1c(Br)c(C)nn1CC. The lowest BCUT2D eigenvalue weighted by atomic mass is 10.3. The van der Waals surface area contributed by atoms with Crippen molar-refractivity contribution < 1.29 is 4.79 Å². The molecule has 5 nitrogen and oxygen atoms in total. The van der Waals surface area contributed by atoms with Gasteiger partial charge in [-0.1, -0.05) is 6.92 Å². The van der Waals surface area contributed by atoms with Crippen LogP contribution in [-0.2, 0) is 17.9 Å². The van der Waals surface area contributed by atoms with Crippen LogP contribution < -0.4 is 5.32 Å². The van der Waals surface area contributed by atoms with Gasteiger partial charge >= 0.3 is 0 Å². The van der Waals surface area contributed by atoms with Crippen LogP contribution in [0.2, 0.25) is 0 Å². The fourth-order valence-corrected chi connectivity index (χ4v) is 2.31. The average Bonchev–Trinajstić information content (AvgIpc) is 2.64. The highest BCUT2D eigenvalue weighted by Crippen LogP contribution is 2.22. The zero-order chi connectivity index (χ0) is 14.4. The first-order chi connectivity index (χ1) is 8.99. The number of hydrogen-bond acceptors (Lipinski definition) is 3. The van der Waals surface area contributed by atoms with E-state index in [0.29, 0.717) is 13.1 Å². The zero-order valence-electron chi connectivity index (χ0n) is 12.2. The van der Waals surface area contributed by atoms with Crippen LogP contribution in [-0.4, -0.2) is 40.7 Å². The van der Waals surface area contributed by atoms with Crippen molar-refractivity contribution in [2.75, 3.05) is 20.1 Å². The van der Waals surface area contributed by atoms with Crippen molar-refractivity contribution in [2.24, 2.45) is 0 Å². The van der Waals surface area contributed by atoms with E-state index in [4.69, 9.17) is 0 Å². The molecule has 0 unspecified atom stereocenters. The maximum Gasteiger partial charge on any atom is 0.234 e. The molecule has 0 aliphatic heterocycles. The predicted molar refractivity (Wildman–Crippen MR) is 80.0 cm³/mol. The molecule has 0 bridgehead atoms. The summed E-state index contributed by atoms with van der Waals surface area (Å²) in [6.45, 7) is 8.77. The minimum absolute atomic E-state index is 0.0692. The summed E-state index contributed by atoms with van der Waals surface area (Å²) < 4.78 is 3.01. The first-order valence-electron chi connectivity index (χ1n) is 6.66. The summed E-state index contributed by atoms with van der Waals surface area (Å²) >= 11 is 3.57. The molecule has 0 radical (unpaired) electrons. The van der Waals surface area contributed by atoms with Crippen molar-refractivity contribution in [1.82, 2.24) is 20.0 Å². The van der Waals surface area contributed by atoms with Gasteiger partial charge in [0.15, 0.2) is 0 Å². The van der Waals surface area contributed by atoms with Crippen LogP contribution in [0.15, 0.2) is 4.47 Å². The summed E-state index contributed by atoms with van der Waals surface area (Å²) in [4.78, 5) is 13.7. The Morgan fingerprint density at radius 3 is 2.74 bits per heavy atom. The number of amides is 1. The minimum Gasteiger partial charge on any atom is -0.355 e. The van der Waals surface area contributed by atoms with Crippen LogP contribution >= 0.6 is 15.9 Å². The second-order valence-corrected chi connectivity index (χ2v) is 5.48. The third kappa shape index (κ3) is 4.62. The van der Waals surface area contributed by atoms with Crippen molar-refractivity contribution in [1.29, 1.82) is 0 Å². The molecule has 1 heterocycles. The lowest BCUT2D eigenvalue weighted by molar-refractivity contribution is -0.122. The van der Waals surface area contributed by atoms with Crippen molar-refractivity contribution in [3.8, 4) is 0 Å². The topological polar surface area (TPSA) is 50.2 Å². The maximum atomic E-state index is 11.7. The van der Waals surface area contributed by atoms with Crippen LogP contribution in [0.5, 0.6) is 0 Å². The van der Waals surface area contributed by atoms with E-state index >= 15 is 0 Å². The van der Waals surface area contributed by atoms with Crippen LogP contribution in [0.3, 0.4) is 0 Å². The molecular formula is C13H23BrN4O. The molecule has 1 rings (SSSR count). The highest BCUT2D eigenvalue weighted by atomic mass is 79.9. The third-order valence-corrected chi connectivity index (χ3v) is 3.89. The number of aromatic nitrogens is 2. The molecule has 0 saturated heterocycles. The molecule has 0 saturated carbocycles. The number of nitrogens with one attached hydrogen (secondary N) is 1. The number of nitrogens with zero attached hydrogens (tertiary/aromatic N) is 3. The molecule has 0 aliphatic carbocycles. The van der Waals surface area contributed by atoms with Crippen molar-refractivity contribution in [2.45, 2.75) is 40.3 Å². The number of carbonyl (C=O) groups is 1. The molecule has 1 amide bonds. The van der Waals surface area contributed by atoms with Gasteiger partial charge in [0.2, 0.25) is 5.91 Å². The highest BCUT2D eigenvalue weighted by Gasteiger charge is 2.15. The largest absolute Gasteiger partial charge is 0.355 e. The molecule has 1 aromatic heterocycles. The maximum absolute atomic E-state index is 11.7. The first kappa shape index (κ1) is 16.2. The minimum atomic E-state index is 0.0692. The van der Waals surface area contributed by atoms with Crippen LogP contribution in [0.25, 0.3) is 0 Å². The van der Waals surface area contributed by atoms with Gasteiger partial charge in [0.05, 0.1) is 22.4 Å². The van der Waals surface area contributed by atoms with Gasteiger partial charge in [0.25, 0.3) is 0 Å². The predicted octanol–water partition coefficient (Wildman–Crippen LogP) is 1.93. The smallest absolute Gasteiger partial charge is 0.234 e. The Morgan fingerprint density at radius 2 is 2.16 bits per heavy atom. The van der Waals surface area contributed by atoms with E-state index in [2.05, 4.69) is 33.3 Å². The summed E-state index contributed by atoms with van der Waals surface area (Å²) in [5.74, 6) is 0.0692. The van der Waals surface area contributed by atoms with E-state index in [9.17, 15) is 4.79 Å². The monoisotopic (exact) mass is 330 g/mol. The molecule has 1 N–H and O–H groups in total. The average molecular weight is 331 g/mol. The van der Waals surface area contributed by atoms with Gasteiger partial charge < -0.3 is 5.32 Å². The number of likely N-dealkylation sites (N-methyl/N-ethyl adjacent to an activating group) is 1. The summed E-state index contributed by atoms with van der Waals surface area (Å²) in [6, 6.07) is 0. The summed E-state index contributed by atoms with van der Waals surface area (Å²) in [7, 11) is 1.94. The molecule has 19 heavy (non-hydrogen) atoms. The third-order valence-electron chi connectivity index (χ3n) is 2.86. The van der Waals surface area contributed by atoms with Gasteiger partial charge in [0.1, 0.15) is 0 Å². The van der Waals surface area contributed by atoms with Gasteiger partial charge in [-0.05, 0) is 43.2 Å². The molecule has 0 spiro atoms. The van der Waals surface area contributed by atoms with Gasteiger partial charge in [-0.2, -0.15) is 5.10 Å². The summed E-state index contributed by atoms with van der Waals surface area (Å²) in [5.41, 5.74) is 2.10. The Kier molecular flexibility index (Phi) is 6.51. The van der Waals surface area contributed by atoms with E-state index in [-0.39, 0.29) is 5.91 Å². The fraction of sp³-hybridized carbons (Fsp3) is 0.692. The molecule has 108 valence electrons. The van der Waals surface area contributed by atoms with E-state index in [1.165, 1.54) is 0 Å². The standard InChI is InChI=1S/C13H23BrN4O/c1-5-7-15-12(19)9-17(4)8-11-13(14)10(3)16-18(11)6-2/h5-9H2,1-4H3,(H,15,19). The number of hydrogen-bond donors (Lipinski definition) is 1. The van der Waals surface area contributed by atoms with Gasteiger partial charge in [-0.15, -0.1) is 0 Å². The number of aryl methyl sites for hydroxylation is 2. The van der Waals surface area contributed by atoms with Crippen LogP contribution in [0, 0.1) is 6.92 Å². The molecular weight excluding hydrogens is 308 g/mol. The molecule has 0 fully saturated rings. The number of halogens is 1. The lowest BCUT2D eigenvalue weighted by Crippen LogP contribution is -2.35. The Bertz CT molecular complexity index is 431. The Morgan fingerprint density at radius 1 is 1.47 bits per heavy atom. The van der Waals surface area contributed by atoms with Crippen molar-refractivity contribution in [3.05, 3.63) is 15.9 Å². The van der Waals surface area contributed by atoms with Crippen molar-refractivity contribution in [3.63, 3.8) is 0 Å². The second kappa shape index (κ2) is 7.65. The zero-order valence-corrected chi connectivity index (χ0v) is 13.7. The molecule has 6 heteroatoms. The number of rotatable bonds is 7. The lowest BCUT2D eigenvalue weighted by Gasteiger charge is -2.17. The van der Waals surface area contributed by atoms with E-state index in [1.54, 1.807) is 0 Å². The Labute approximate surface area is 123 Å². The normalized spacial score (nSPS) is 11.1. The van der Waals surface area contributed by atoms with Crippen LogP contribution in [0.4, 0.5) is 0 Å². The van der Waals surface area contributed by atoms with E-state index in [1.807, 2.05) is 30.5 Å². The van der Waals surface area contributed by atoms with Gasteiger partial charge in [0, 0.05) is 19.6 Å². The number of carbonyl (C=O) groups excluding carboxylic acids is 1. The van der Waals surface area contributed by atoms with E-state index in [0.717, 1.165) is 35.4 Å². The quantitative estimate of drug-likeness (QED) is 0.831. The Balaban J connectivity index is 2.61. The second-order valence-electron chi connectivity index (χ2n) is 4.68. The van der Waals surface area contributed by atoms with E-state index < -0.39 is 0 Å². The molecule has 0 atom stereocenters. The molecule has 1 aromatic rings. The molecule has 0 aliphatic rings. The highest BCUT2D eigenvalue weighted by molar-refractivity contribution is 9.10. The van der Waals surface area contributed by atoms with Gasteiger partial charge in [-0.3, -0.25) is 14.4 Å².